The van der Waals surface area contributed by atoms with Crippen LogP contribution >= 0.6 is 0 Å². The van der Waals surface area contributed by atoms with E-state index in [-0.39, 0.29) is 5.78 Å². The molecule has 1 N–H and O–H groups in total. The highest BCUT2D eigenvalue weighted by molar-refractivity contribution is 5.87. The van der Waals surface area contributed by atoms with Crippen LogP contribution in [0.5, 0.6) is 0 Å². The largest absolute Gasteiger partial charge is 0.361 e. The van der Waals surface area contributed by atoms with Crippen LogP contribution in [0.2, 0.25) is 0 Å². The first-order valence-electron chi connectivity index (χ1n) is 4.61. The Morgan fingerprint density at radius 3 is 2.36 bits per heavy atom. The van der Waals surface area contributed by atoms with Gasteiger partial charge >= 0.3 is 0 Å². The molecule has 14 heavy (non-hydrogen) atoms. The fraction of sp³-hybridized carbons (Fsp3) is 0.250. The van der Waals surface area contributed by atoms with E-state index in [1.54, 1.807) is 6.20 Å². The van der Waals surface area contributed by atoms with Gasteiger partial charge in [0.05, 0.1) is 0 Å². The second-order valence-corrected chi connectivity index (χ2v) is 3.36. The summed E-state index contributed by atoms with van der Waals surface area (Å²) in [6.45, 7) is 5.61. The maximum atomic E-state index is 10.7. The lowest BCUT2D eigenvalue weighted by molar-refractivity contribution is -0.112. The fourth-order valence-corrected chi connectivity index (χ4v) is 1.28. The molecule has 0 aliphatic carbocycles. The van der Waals surface area contributed by atoms with Crippen LogP contribution in [0.1, 0.15) is 18.1 Å². The van der Waals surface area contributed by atoms with Crippen LogP contribution in [-0.2, 0) is 4.79 Å². The third-order valence-corrected chi connectivity index (χ3v) is 2.03. The van der Waals surface area contributed by atoms with Crippen molar-refractivity contribution in [1.29, 1.82) is 0 Å². The monoisotopic (exact) mass is 189 g/mol. The molecule has 0 saturated carbocycles. The fourth-order valence-electron chi connectivity index (χ4n) is 1.28. The third kappa shape index (κ3) is 2.73. The topological polar surface area (TPSA) is 29.1 Å². The lowest BCUT2D eigenvalue weighted by Gasteiger charge is -2.08. The Hall–Kier alpha value is -1.57. The number of allylic oxidation sites excluding steroid dienone is 1. The van der Waals surface area contributed by atoms with Crippen LogP contribution < -0.4 is 5.32 Å². The molecule has 0 atom stereocenters. The highest BCUT2D eigenvalue weighted by Gasteiger charge is 1.98. The molecule has 1 aromatic carbocycles. The number of nitrogens with one attached hydrogen (secondary N) is 1. The van der Waals surface area contributed by atoms with Gasteiger partial charge in [0.2, 0.25) is 0 Å². The predicted octanol–water partition coefficient (Wildman–Crippen LogP) is 2.82. The van der Waals surface area contributed by atoms with Gasteiger partial charge in [0.25, 0.3) is 0 Å². The number of rotatable bonds is 3. The van der Waals surface area contributed by atoms with Crippen LogP contribution in [0.15, 0.2) is 30.5 Å². The molecule has 0 fully saturated rings. The zero-order valence-corrected chi connectivity index (χ0v) is 8.79. The Morgan fingerprint density at radius 2 is 1.86 bits per heavy atom. The molecule has 0 aromatic heterocycles. The molecule has 0 unspecified atom stereocenters. The van der Waals surface area contributed by atoms with E-state index in [0.717, 1.165) is 5.69 Å². The summed E-state index contributed by atoms with van der Waals surface area (Å²) in [6.07, 6.45) is 3.20. The lowest BCUT2D eigenvalue weighted by atomic mass is 10.1. The second-order valence-electron chi connectivity index (χ2n) is 3.36. The number of anilines is 1. The van der Waals surface area contributed by atoms with E-state index in [1.165, 1.54) is 24.1 Å². The number of carbonyl (C=O) groups excluding carboxylic acids is 1. The summed E-state index contributed by atoms with van der Waals surface area (Å²) in [5.74, 6) is 0.0451. The summed E-state index contributed by atoms with van der Waals surface area (Å²) in [6, 6.07) is 6.10. The average Bonchev–Trinajstić information content (AvgIpc) is 2.09. The van der Waals surface area contributed by atoms with Gasteiger partial charge in [-0.3, -0.25) is 4.79 Å². The minimum absolute atomic E-state index is 0.0451. The smallest absolute Gasteiger partial charge is 0.154 e. The highest BCUT2D eigenvalue weighted by atomic mass is 16.1. The van der Waals surface area contributed by atoms with Crippen molar-refractivity contribution < 1.29 is 4.79 Å². The van der Waals surface area contributed by atoms with Gasteiger partial charge in [-0.15, -0.1) is 0 Å². The zero-order valence-electron chi connectivity index (χ0n) is 8.79. The van der Waals surface area contributed by atoms with Gasteiger partial charge < -0.3 is 5.32 Å². The van der Waals surface area contributed by atoms with Gasteiger partial charge in [-0.2, -0.15) is 0 Å². The molecule has 2 heteroatoms. The number of hydrogen-bond donors (Lipinski definition) is 1. The van der Waals surface area contributed by atoms with E-state index < -0.39 is 0 Å². The minimum Gasteiger partial charge on any atom is -0.361 e. The quantitative estimate of drug-likeness (QED) is 0.741. The molecule has 74 valence electrons. The Bertz CT molecular complexity index is 346. The Kier molecular flexibility index (Phi) is 3.46. The van der Waals surface area contributed by atoms with Crippen LogP contribution in [0.4, 0.5) is 5.69 Å². The minimum atomic E-state index is 0.0451. The highest BCUT2D eigenvalue weighted by Crippen LogP contribution is 2.18. The predicted molar refractivity (Wildman–Crippen MR) is 59.4 cm³/mol. The molecule has 1 aromatic rings. The van der Waals surface area contributed by atoms with Gasteiger partial charge in [0.15, 0.2) is 5.78 Å². The summed E-state index contributed by atoms with van der Waals surface area (Å²) < 4.78 is 0. The van der Waals surface area contributed by atoms with Crippen molar-refractivity contribution in [3.8, 4) is 0 Å². The summed E-state index contributed by atoms with van der Waals surface area (Å²) in [7, 11) is 0. The molecule has 0 spiro atoms. The molecular weight excluding hydrogens is 174 g/mol. The molecule has 0 heterocycles. The van der Waals surface area contributed by atoms with E-state index in [1.807, 2.05) is 32.0 Å². The first-order valence-corrected chi connectivity index (χ1v) is 4.61. The van der Waals surface area contributed by atoms with Crippen LogP contribution in [0.25, 0.3) is 0 Å². The molecule has 0 bridgehead atoms. The van der Waals surface area contributed by atoms with Crippen molar-refractivity contribution in [3.63, 3.8) is 0 Å². The Labute approximate surface area is 84.6 Å². The van der Waals surface area contributed by atoms with Crippen molar-refractivity contribution in [3.05, 3.63) is 41.6 Å². The van der Waals surface area contributed by atoms with Crippen LogP contribution in [0.3, 0.4) is 0 Å². The van der Waals surface area contributed by atoms with Crippen molar-refractivity contribution >= 4 is 11.5 Å². The lowest BCUT2D eigenvalue weighted by Crippen LogP contribution is -1.95. The maximum Gasteiger partial charge on any atom is 0.154 e. The summed E-state index contributed by atoms with van der Waals surface area (Å²) in [4.78, 5) is 10.7. The third-order valence-electron chi connectivity index (χ3n) is 2.03. The first kappa shape index (κ1) is 10.5. The summed E-state index contributed by atoms with van der Waals surface area (Å²) >= 11 is 0. The molecule has 2 nitrogen and oxygen atoms in total. The van der Waals surface area contributed by atoms with E-state index in [9.17, 15) is 4.79 Å². The van der Waals surface area contributed by atoms with E-state index in [0.29, 0.717) is 0 Å². The number of para-hydroxylation sites is 1. The molecule has 1 rings (SSSR count). The molecule has 0 radical (unpaired) electrons. The molecular formula is C12H15NO. The Balaban J connectivity index is 2.81. The number of benzene rings is 1. The summed E-state index contributed by atoms with van der Waals surface area (Å²) in [5.41, 5.74) is 3.43. The van der Waals surface area contributed by atoms with E-state index in [4.69, 9.17) is 0 Å². The van der Waals surface area contributed by atoms with Gasteiger partial charge in [-0.1, -0.05) is 18.2 Å². The average molecular weight is 189 g/mol. The molecule has 0 aliphatic heterocycles. The normalized spacial score (nSPS) is 10.5. The van der Waals surface area contributed by atoms with Gasteiger partial charge in [0.1, 0.15) is 0 Å². The number of carbonyl (C=O) groups is 1. The molecule has 0 amide bonds. The maximum absolute atomic E-state index is 10.7. The Morgan fingerprint density at radius 1 is 1.29 bits per heavy atom. The SMILES string of the molecule is CC(=O)/C=C/Nc1c(C)cccc1C. The van der Waals surface area contributed by atoms with Crippen molar-refractivity contribution in [2.75, 3.05) is 5.32 Å². The number of aryl methyl sites for hydroxylation is 2. The molecule has 0 saturated heterocycles. The van der Waals surface area contributed by atoms with Gasteiger partial charge in [-0.05, 0) is 38.0 Å². The number of ketones is 1. The van der Waals surface area contributed by atoms with E-state index in [2.05, 4.69) is 5.32 Å². The first-order chi connectivity index (χ1) is 6.61. The van der Waals surface area contributed by atoms with Gasteiger partial charge in [-0.25, -0.2) is 0 Å². The van der Waals surface area contributed by atoms with Crippen molar-refractivity contribution in [2.24, 2.45) is 0 Å². The van der Waals surface area contributed by atoms with Crippen LogP contribution in [-0.4, -0.2) is 5.78 Å². The van der Waals surface area contributed by atoms with E-state index >= 15 is 0 Å². The molecule has 0 aliphatic rings. The van der Waals surface area contributed by atoms with Crippen molar-refractivity contribution in [2.45, 2.75) is 20.8 Å². The second kappa shape index (κ2) is 4.61. The summed E-state index contributed by atoms with van der Waals surface area (Å²) in [5, 5.41) is 3.11. The standard InChI is InChI=1S/C12H15NO/c1-9-5-4-6-10(2)12(9)13-8-7-11(3)14/h4-8,13H,1-3H3/b8-7+. The number of hydrogen-bond acceptors (Lipinski definition) is 2. The zero-order chi connectivity index (χ0) is 10.6. The van der Waals surface area contributed by atoms with Crippen molar-refractivity contribution in [1.82, 2.24) is 0 Å². The van der Waals surface area contributed by atoms with Gasteiger partial charge in [0, 0.05) is 11.9 Å². The van der Waals surface area contributed by atoms with Crippen LogP contribution in [0, 0.1) is 13.8 Å².